The fourth-order valence-electron chi connectivity index (χ4n) is 2.86. The van der Waals surface area contributed by atoms with E-state index in [0.29, 0.717) is 22.1 Å². The van der Waals surface area contributed by atoms with Gasteiger partial charge in [0.25, 0.3) is 6.04 Å². The predicted molar refractivity (Wildman–Crippen MR) is 112 cm³/mol. The summed E-state index contributed by atoms with van der Waals surface area (Å²) in [5, 5.41) is 3.66. The summed E-state index contributed by atoms with van der Waals surface area (Å²) in [6.45, 7) is 2.53. The molecule has 136 valence electrons. The van der Waals surface area contributed by atoms with Crippen molar-refractivity contribution in [3.8, 4) is 0 Å². The van der Waals surface area contributed by atoms with Crippen LogP contribution in [0.15, 0.2) is 79.1 Å². The van der Waals surface area contributed by atoms with Crippen LogP contribution in [0.4, 0.5) is 0 Å². The maximum absolute atomic E-state index is 13.3. The molecule has 1 aromatic heterocycles. The van der Waals surface area contributed by atoms with Crippen molar-refractivity contribution in [3.05, 3.63) is 101 Å². The summed E-state index contributed by atoms with van der Waals surface area (Å²) in [6.07, 6.45) is 3.76. The third-order valence-electron chi connectivity index (χ3n) is 4.21. The molecule has 0 aliphatic heterocycles. The van der Waals surface area contributed by atoms with Gasteiger partial charge >= 0.3 is 0 Å². The second kappa shape index (κ2) is 8.89. The molecule has 5 heteroatoms. The third-order valence-corrected chi connectivity index (χ3v) is 4.91. The number of thiocarbonyl (C=S) groups is 1. The van der Waals surface area contributed by atoms with Gasteiger partial charge in [0.2, 0.25) is 5.78 Å². The van der Waals surface area contributed by atoms with Crippen LogP contribution in [0.25, 0.3) is 0 Å². The van der Waals surface area contributed by atoms with Crippen LogP contribution in [0.5, 0.6) is 0 Å². The number of halogens is 1. The fourth-order valence-corrected chi connectivity index (χ4v) is 3.39. The molecule has 0 bridgehead atoms. The van der Waals surface area contributed by atoms with Gasteiger partial charge in [-0.2, -0.15) is 4.57 Å². The molecule has 0 spiro atoms. The molecule has 0 radical (unpaired) electrons. The van der Waals surface area contributed by atoms with E-state index in [4.69, 9.17) is 23.8 Å². The lowest BCUT2D eigenvalue weighted by Gasteiger charge is -2.15. The van der Waals surface area contributed by atoms with Crippen molar-refractivity contribution in [2.45, 2.75) is 19.5 Å². The topological polar surface area (TPSA) is 33.0 Å². The van der Waals surface area contributed by atoms with Crippen LogP contribution in [0.3, 0.4) is 0 Å². The summed E-state index contributed by atoms with van der Waals surface area (Å²) < 4.78 is 1.83. The van der Waals surface area contributed by atoms with Crippen molar-refractivity contribution in [1.29, 1.82) is 0 Å². The van der Waals surface area contributed by atoms with Crippen LogP contribution >= 0.6 is 23.8 Å². The number of pyridine rings is 1. The zero-order valence-corrected chi connectivity index (χ0v) is 16.5. The third kappa shape index (κ3) is 4.79. The summed E-state index contributed by atoms with van der Waals surface area (Å²) in [6, 6.07) is 20.2. The maximum Gasteiger partial charge on any atom is 0.270 e. The van der Waals surface area contributed by atoms with Gasteiger partial charge in [0.1, 0.15) is 0 Å². The number of rotatable bonds is 6. The highest BCUT2D eigenvalue weighted by molar-refractivity contribution is 7.80. The summed E-state index contributed by atoms with van der Waals surface area (Å²) in [5.41, 5.74) is 2.60. The molecular formula is C22H20ClN2OS+. The molecular weight excluding hydrogens is 376 g/mol. The highest BCUT2D eigenvalue weighted by Crippen LogP contribution is 2.20. The number of ketones is 1. The van der Waals surface area contributed by atoms with E-state index in [-0.39, 0.29) is 5.78 Å². The highest BCUT2D eigenvalue weighted by Gasteiger charge is 2.34. The summed E-state index contributed by atoms with van der Waals surface area (Å²) >= 11 is 11.9. The van der Waals surface area contributed by atoms with E-state index in [1.165, 1.54) is 0 Å². The Balaban J connectivity index is 1.91. The molecule has 3 nitrogen and oxygen atoms in total. The first-order valence-corrected chi connectivity index (χ1v) is 9.42. The van der Waals surface area contributed by atoms with E-state index < -0.39 is 6.04 Å². The van der Waals surface area contributed by atoms with Gasteiger partial charge < -0.3 is 5.32 Å². The molecule has 1 heterocycles. The molecule has 1 N–H and O–H groups in total. The number of nitrogens with zero attached hydrogens (tertiary/aromatic N) is 1. The molecule has 0 saturated carbocycles. The quantitative estimate of drug-likeness (QED) is 0.379. The Labute approximate surface area is 169 Å². The van der Waals surface area contributed by atoms with E-state index in [2.05, 4.69) is 5.32 Å². The molecule has 27 heavy (non-hydrogen) atoms. The number of Topliss-reactive ketones (excluding diaryl/α,β-unsaturated/α-hetero) is 1. The normalized spacial score (nSPS) is 11.6. The first kappa shape index (κ1) is 19.2. The fraction of sp³-hybridized carbons (Fsp3) is 0.136. The molecule has 0 aliphatic carbocycles. The number of aryl methyl sites for hydroxylation is 1. The first-order valence-electron chi connectivity index (χ1n) is 8.64. The van der Waals surface area contributed by atoms with Crippen molar-refractivity contribution < 1.29 is 9.36 Å². The lowest BCUT2D eigenvalue weighted by molar-refractivity contribution is -0.692. The molecule has 3 aromatic rings. The Morgan fingerprint density at radius 2 is 1.78 bits per heavy atom. The summed E-state index contributed by atoms with van der Waals surface area (Å²) in [7, 11) is 0. The minimum absolute atomic E-state index is 0.137. The number of aromatic nitrogens is 1. The monoisotopic (exact) mass is 395 g/mol. The van der Waals surface area contributed by atoms with Crippen molar-refractivity contribution in [1.82, 2.24) is 5.32 Å². The van der Waals surface area contributed by atoms with E-state index >= 15 is 0 Å². The predicted octanol–water partition coefficient (Wildman–Crippen LogP) is 4.48. The van der Waals surface area contributed by atoms with Crippen molar-refractivity contribution in [3.63, 3.8) is 0 Å². The van der Waals surface area contributed by atoms with Gasteiger partial charge in [-0.1, -0.05) is 66.3 Å². The maximum atomic E-state index is 13.3. The van der Waals surface area contributed by atoms with Gasteiger partial charge in [-0.3, -0.25) is 4.79 Å². The van der Waals surface area contributed by atoms with Crippen LogP contribution < -0.4 is 9.88 Å². The van der Waals surface area contributed by atoms with E-state index in [1.807, 2.05) is 66.3 Å². The number of benzene rings is 2. The standard InChI is InChI=1S/C22H19ClN2OS/c1-16-8-7-13-25(15-16)20(21(26)18-11-5-6-12-19(18)23)22(27)24-14-17-9-3-2-4-10-17/h2-13,15,20H,14H2,1H3/p+1/t20-/m1/s1. The Hall–Kier alpha value is -2.56. The Bertz CT molecular complexity index is 959. The summed E-state index contributed by atoms with van der Waals surface area (Å²) in [4.78, 5) is 13.8. The molecule has 0 aliphatic rings. The Kier molecular flexibility index (Phi) is 6.32. The number of hydrogen-bond acceptors (Lipinski definition) is 2. The average Bonchev–Trinajstić information content (AvgIpc) is 2.68. The first-order chi connectivity index (χ1) is 13.1. The number of hydrogen-bond donors (Lipinski definition) is 1. The van der Waals surface area contributed by atoms with Gasteiger partial charge in [-0.05, 0) is 30.7 Å². The van der Waals surface area contributed by atoms with Crippen LogP contribution in [-0.2, 0) is 6.54 Å². The Morgan fingerprint density at radius 1 is 1.07 bits per heavy atom. The molecule has 0 amide bonds. The smallest absolute Gasteiger partial charge is 0.270 e. The van der Waals surface area contributed by atoms with Crippen molar-refractivity contribution >= 4 is 34.6 Å². The van der Waals surface area contributed by atoms with Gasteiger partial charge in [0.05, 0.1) is 5.02 Å². The lowest BCUT2D eigenvalue weighted by Crippen LogP contribution is -2.51. The van der Waals surface area contributed by atoms with Crippen LogP contribution in [-0.4, -0.2) is 10.8 Å². The zero-order chi connectivity index (χ0) is 19.2. The minimum atomic E-state index is -0.663. The second-order valence-electron chi connectivity index (χ2n) is 6.28. The number of carbonyl (C=O) groups excluding carboxylic acids is 1. The van der Waals surface area contributed by atoms with Gasteiger partial charge in [0.15, 0.2) is 17.4 Å². The van der Waals surface area contributed by atoms with Crippen molar-refractivity contribution in [2.75, 3.05) is 0 Å². The molecule has 0 unspecified atom stereocenters. The molecule has 3 rings (SSSR count). The largest absolute Gasteiger partial charge is 0.370 e. The molecule has 0 saturated heterocycles. The van der Waals surface area contributed by atoms with Gasteiger partial charge in [0, 0.05) is 23.7 Å². The van der Waals surface area contributed by atoms with E-state index in [9.17, 15) is 4.79 Å². The van der Waals surface area contributed by atoms with Crippen molar-refractivity contribution in [2.24, 2.45) is 0 Å². The summed E-state index contributed by atoms with van der Waals surface area (Å²) in [5.74, 6) is -0.137. The van der Waals surface area contributed by atoms with Crippen LogP contribution in [0, 0.1) is 6.92 Å². The van der Waals surface area contributed by atoms with Gasteiger partial charge in [-0.15, -0.1) is 0 Å². The highest BCUT2D eigenvalue weighted by atomic mass is 35.5. The average molecular weight is 396 g/mol. The number of nitrogens with one attached hydrogen (secondary N) is 1. The minimum Gasteiger partial charge on any atom is -0.370 e. The van der Waals surface area contributed by atoms with Crippen LogP contribution in [0.2, 0.25) is 5.02 Å². The van der Waals surface area contributed by atoms with Crippen LogP contribution in [0.1, 0.15) is 27.5 Å². The molecule has 2 aromatic carbocycles. The Morgan fingerprint density at radius 3 is 2.48 bits per heavy atom. The van der Waals surface area contributed by atoms with E-state index in [0.717, 1.165) is 11.1 Å². The number of carbonyl (C=O) groups is 1. The molecule has 0 fully saturated rings. The molecule has 1 atom stereocenters. The lowest BCUT2D eigenvalue weighted by atomic mass is 10.0. The zero-order valence-electron chi connectivity index (χ0n) is 14.9. The SMILES string of the molecule is Cc1ccc[n+]([C@H](C(=O)c2ccccc2Cl)C(=S)NCc2ccccc2)c1. The van der Waals surface area contributed by atoms with Gasteiger partial charge in [-0.25, -0.2) is 0 Å². The van der Waals surface area contributed by atoms with E-state index in [1.54, 1.807) is 24.3 Å². The second-order valence-corrected chi connectivity index (χ2v) is 7.13.